The van der Waals surface area contributed by atoms with Crippen LogP contribution in [-0.2, 0) is 11.3 Å². The molecule has 3 N–H and O–H groups in total. The number of aromatic amines is 1. The van der Waals surface area contributed by atoms with Crippen molar-refractivity contribution in [2.75, 3.05) is 5.32 Å². The van der Waals surface area contributed by atoms with Gasteiger partial charge in [-0.2, -0.15) is 10.2 Å². The van der Waals surface area contributed by atoms with E-state index in [4.69, 9.17) is 5.11 Å². The van der Waals surface area contributed by atoms with Crippen molar-refractivity contribution in [1.29, 1.82) is 0 Å². The number of rotatable bonds is 5. The highest BCUT2D eigenvalue weighted by molar-refractivity contribution is 9.10. The van der Waals surface area contributed by atoms with Crippen LogP contribution in [0.15, 0.2) is 16.7 Å². The Morgan fingerprint density at radius 1 is 1.52 bits per heavy atom. The van der Waals surface area contributed by atoms with E-state index in [0.717, 1.165) is 18.5 Å². The summed E-state index contributed by atoms with van der Waals surface area (Å²) in [5.41, 5.74) is 1.21. The number of hydrogen-bond donors (Lipinski definition) is 3. The first-order valence-electron chi connectivity index (χ1n) is 6.35. The number of nitrogens with zero attached hydrogens (tertiary/aromatic N) is 3. The Morgan fingerprint density at radius 3 is 2.95 bits per heavy atom. The molecule has 1 aliphatic carbocycles. The first-order valence-corrected chi connectivity index (χ1v) is 7.14. The molecule has 110 valence electrons. The van der Waals surface area contributed by atoms with Crippen LogP contribution in [0.2, 0.25) is 0 Å². The van der Waals surface area contributed by atoms with Crippen LogP contribution in [0.4, 0.5) is 5.82 Å². The fourth-order valence-corrected chi connectivity index (χ4v) is 2.65. The van der Waals surface area contributed by atoms with E-state index in [-0.39, 0.29) is 18.1 Å². The highest BCUT2D eigenvalue weighted by Crippen LogP contribution is 2.42. The summed E-state index contributed by atoms with van der Waals surface area (Å²) in [5.74, 6) is -0.669. The van der Waals surface area contributed by atoms with Gasteiger partial charge >= 0.3 is 5.97 Å². The average molecular weight is 354 g/mol. The molecule has 2 heterocycles. The molecule has 1 fully saturated rings. The lowest BCUT2D eigenvalue weighted by atomic mass is 10.2. The largest absolute Gasteiger partial charge is 0.480 e. The number of carboxylic acid groups (broad SMARTS) is 1. The molecule has 0 saturated heterocycles. The van der Waals surface area contributed by atoms with Crippen molar-refractivity contribution in [1.82, 2.24) is 20.0 Å². The van der Waals surface area contributed by atoms with Crippen LogP contribution in [0, 0.1) is 0 Å². The summed E-state index contributed by atoms with van der Waals surface area (Å²) in [6.07, 6.45) is 3.68. The Labute approximate surface area is 127 Å². The van der Waals surface area contributed by atoms with Crippen molar-refractivity contribution in [2.24, 2.45) is 0 Å². The van der Waals surface area contributed by atoms with E-state index in [1.54, 1.807) is 0 Å². The molecule has 2 aromatic heterocycles. The molecule has 2 aromatic rings. The van der Waals surface area contributed by atoms with Gasteiger partial charge in [0.1, 0.15) is 6.54 Å². The molecule has 0 unspecified atom stereocenters. The molecule has 8 nitrogen and oxygen atoms in total. The Bertz CT molecular complexity index is 704. The van der Waals surface area contributed by atoms with Crippen LogP contribution in [0.5, 0.6) is 0 Å². The molecular weight excluding hydrogens is 342 g/mol. The monoisotopic (exact) mass is 353 g/mol. The van der Waals surface area contributed by atoms with Gasteiger partial charge in [0.2, 0.25) is 0 Å². The molecule has 0 spiro atoms. The first-order chi connectivity index (χ1) is 10.0. The van der Waals surface area contributed by atoms with Crippen LogP contribution >= 0.6 is 15.9 Å². The minimum absolute atomic E-state index is 0.256. The van der Waals surface area contributed by atoms with Crippen molar-refractivity contribution in [3.8, 4) is 0 Å². The molecule has 0 aliphatic heterocycles. The number of H-pyrrole nitrogens is 1. The predicted molar refractivity (Wildman–Crippen MR) is 76.1 cm³/mol. The normalized spacial score (nSPS) is 14.1. The second kappa shape index (κ2) is 5.32. The SMILES string of the molecule is O=C(O)Cn1ccc(NC(=O)c2n[nH]c(C3CC3)c2Br)n1. The quantitative estimate of drug-likeness (QED) is 0.755. The lowest BCUT2D eigenvalue weighted by Crippen LogP contribution is -2.14. The van der Waals surface area contributed by atoms with Crippen molar-refractivity contribution < 1.29 is 14.7 Å². The molecule has 3 rings (SSSR count). The van der Waals surface area contributed by atoms with Crippen LogP contribution < -0.4 is 5.32 Å². The summed E-state index contributed by atoms with van der Waals surface area (Å²) in [6, 6.07) is 1.53. The standard InChI is InChI=1S/C12H12BrN5O3/c13-9-10(6-1-2-6)15-16-11(9)12(21)14-7-3-4-18(17-7)5-8(19)20/h3-4,6H,1-2,5H2,(H,15,16)(H,19,20)(H,14,17,21). The number of aromatic nitrogens is 4. The van der Waals surface area contributed by atoms with E-state index in [1.807, 2.05) is 0 Å². The zero-order chi connectivity index (χ0) is 15.0. The van der Waals surface area contributed by atoms with Gasteiger partial charge in [-0.05, 0) is 28.8 Å². The molecule has 0 aromatic carbocycles. The topological polar surface area (TPSA) is 113 Å². The second-order valence-electron chi connectivity index (χ2n) is 4.82. The number of aliphatic carboxylic acids is 1. The van der Waals surface area contributed by atoms with Gasteiger partial charge in [-0.25, -0.2) is 0 Å². The summed E-state index contributed by atoms with van der Waals surface area (Å²) >= 11 is 3.39. The molecule has 1 saturated carbocycles. The molecule has 1 amide bonds. The lowest BCUT2D eigenvalue weighted by molar-refractivity contribution is -0.137. The van der Waals surface area contributed by atoms with Gasteiger partial charge in [0.05, 0.1) is 10.2 Å². The third-order valence-corrected chi connectivity index (χ3v) is 3.92. The van der Waals surface area contributed by atoms with Gasteiger partial charge in [-0.1, -0.05) is 0 Å². The maximum atomic E-state index is 12.1. The van der Waals surface area contributed by atoms with E-state index < -0.39 is 11.9 Å². The molecular formula is C12H12BrN5O3. The molecule has 0 bridgehead atoms. The molecule has 9 heteroatoms. The fraction of sp³-hybridized carbons (Fsp3) is 0.333. The second-order valence-corrected chi connectivity index (χ2v) is 5.61. The van der Waals surface area contributed by atoms with E-state index in [0.29, 0.717) is 10.4 Å². The van der Waals surface area contributed by atoms with Crippen LogP contribution in [0.3, 0.4) is 0 Å². The minimum atomic E-state index is -1.000. The number of anilines is 1. The molecule has 0 atom stereocenters. The Balaban J connectivity index is 1.71. The smallest absolute Gasteiger partial charge is 0.325 e. The maximum absolute atomic E-state index is 12.1. The van der Waals surface area contributed by atoms with Crippen LogP contribution in [0.25, 0.3) is 0 Å². The lowest BCUT2D eigenvalue weighted by Gasteiger charge is -2.00. The Kier molecular flexibility index (Phi) is 3.50. The predicted octanol–water partition coefficient (Wildman–Crippen LogP) is 1.58. The number of carbonyl (C=O) groups excluding carboxylic acids is 1. The molecule has 21 heavy (non-hydrogen) atoms. The third kappa shape index (κ3) is 2.97. The van der Waals surface area contributed by atoms with Gasteiger partial charge in [0.15, 0.2) is 11.5 Å². The van der Waals surface area contributed by atoms with Gasteiger partial charge in [-0.3, -0.25) is 19.4 Å². The zero-order valence-electron chi connectivity index (χ0n) is 10.8. The summed E-state index contributed by atoms with van der Waals surface area (Å²) in [6.45, 7) is -0.256. The van der Waals surface area contributed by atoms with E-state index in [9.17, 15) is 9.59 Å². The number of carboxylic acids is 1. The number of amides is 1. The average Bonchev–Trinajstić information content (AvgIpc) is 3.05. The van der Waals surface area contributed by atoms with Crippen molar-refractivity contribution in [3.63, 3.8) is 0 Å². The van der Waals surface area contributed by atoms with Gasteiger partial charge in [0, 0.05) is 18.2 Å². The van der Waals surface area contributed by atoms with Crippen LogP contribution in [0.1, 0.15) is 34.9 Å². The van der Waals surface area contributed by atoms with Crippen molar-refractivity contribution in [3.05, 3.63) is 28.1 Å². The van der Waals surface area contributed by atoms with Gasteiger partial charge in [-0.15, -0.1) is 0 Å². The summed E-state index contributed by atoms with van der Waals surface area (Å²) in [4.78, 5) is 22.7. The fourth-order valence-electron chi connectivity index (χ4n) is 1.97. The van der Waals surface area contributed by atoms with E-state index >= 15 is 0 Å². The first kappa shape index (κ1) is 13.8. The van der Waals surface area contributed by atoms with Crippen molar-refractivity contribution >= 4 is 33.6 Å². The number of halogens is 1. The van der Waals surface area contributed by atoms with Gasteiger partial charge in [0.25, 0.3) is 5.91 Å². The van der Waals surface area contributed by atoms with E-state index in [1.165, 1.54) is 16.9 Å². The minimum Gasteiger partial charge on any atom is -0.480 e. The van der Waals surface area contributed by atoms with Crippen LogP contribution in [-0.4, -0.2) is 37.0 Å². The number of carbonyl (C=O) groups is 2. The van der Waals surface area contributed by atoms with Gasteiger partial charge < -0.3 is 10.4 Å². The third-order valence-electron chi connectivity index (χ3n) is 3.11. The highest BCUT2D eigenvalue weighted by atomic mass is 79.9. The Morgan fingerprint density at radius 2 is 2.29 bits per heavy atom. The summed E-state index contributed by atoms with van der Waals surface area (Å²) in [5, 5.41) is 22.1. The summed E-state index contributed by atoms with van der Waals surface area (Å²) < 4.78 is 1.90. The molecule has 0 radical (unpaired) electrons. The number of nitrogens with one attached hydrogen (secondary N) is 2. The zero-order valence-corrected chi connectivity index (χ0v) is 12.4. The molecule has 1 aliphatic rings. The van der Waals surface area contributed by atoms with E-state index in [2.05, 4.69) is 36.5 Å². The van der Waals surface area contributed by atoms with Crippen molar-refractivity contribution in [2.45, 2.75) is 25.3 Å². The highest BCUT2D eigenvalue weighted by Gasteiger charge is 2.30. The summed E-state index contributed by atoms with van der Waals surface area (Å²) in [7, 11) is 0. The maximum Gasteiger partial charge on any atom is 0.325 e. The Hall–Kier alpha value is -2.16. The number of hydrogen-bond acceptors (Lipinski definition) is 4.